The molecule has 0 spiro atoms. The molecule has 2 aromatic heterocycles. The van der Waals surface area contributed by atoms with Crippen molar-refractivity contribution in [3.8, 4) is 0 Å². The number of aromatic nitrogens is 4. The number of aryl methyl sites for hydroxylation is 3. The Morgan fingerprint density at radius 1 is 1.32 bits per heavy atom. The van der Waals surface area contributed by atoms with Gasteiger partial charge in [-0.1, -0.05) is 18.2 Å². The topological polar surface area (TPSA) is 56.0 Å². The van der Waals surface area contributed by atoms with Gasteiger partial charge in [-0.3, -0.25) is 9.48 Å². The van der Waals surface area contributed by atoms with Crippen LogP contribution in [0.15, 0.2) is 36.7 Å². The summed E-state index contributed by atoms with van der Waals surface area (Å²) in [6.45, 7) is 3.41. The number of imidazole rings is 1. The quantitative estimate of drug-likeness (QED) is 0.735. The van der Waals surface area contributed by atoms with Gasteiger partial charge in [0.1, 0.15) is 5.82 Å². The fourth-order valence-corrected chi connectivity index (χ4v) is 3.83. The molecule has 6 nitrogen and oxygen atoms in total. The standard InChI is InChI=1S/C19H23N5O/c1-14-13-22(2)19(21-14)17-8-5-10-23(17)18(25)9-11-24-16-7-4-3-6-15(16)12-20-24/h3-4,6-7,12-13,17H,5,8-11H2,1-2H3/t17-/m1/s1. The Kier molecular flexibility index (Phi) is 4.03. The van der Waals surface area contributed by atoms with E-state index >= 15 is 0 Å². The number of hydrogen-bond donors (Lipinski definition) is 0. The van der Waals surface area contributed by atoms with Crippen LogP contribution in [-0.4, -0.2) is 36.7 Å². The second-order valence-electron chi connectivity index (χ2n) is 6.77. The highest BCUT2D eigenvalue weighted by atomic mass is 16.2. The van der Waals surface area contributed by atoms with Crippen molar-refractivity contribution in [2.45, 2.75) is 38.8 Å². The summed E-state index contributed by atoms with van der Waals surface area (Å²) in [7, 11) is 2.01. The van der Waals surface area contributed by atoms with E-state index in [0.29, 0.717) is 13.0 Å². The highest BCUT2D eigenvalue weighted by molar-refractivity contribution is 5.79. The maximum absolute atomic E-state index is 12.8. The molecule has 0 N–H and O–H groups in total. The number of likely N-dealkylation sites (tertiary alicyclic amines) is 1. The van der Waals surface area contributed by atoms with E-state index in [2.05, 4.69) is 10.1 Å². The van der Waals surface area contributed by atoms with Crippen molar-refractivity contribution >= 4 is 16.8 Å². The van der Waals surface area contributed by atoms with E-state index in [1.54, 1.807) is 0 Å². The summed E-state index contributed by atoms with van der Waals surface area (Å²) in [6.07, 6.45) is 6.36. The van der Waals surface area contributed by atoms with E-state index in [-0.39, 0.29) is 11.9 Å². The molecule has 0 radical (unpaired) electrons. The average molecular weight is 337 g/mol. The number of nitrogens with zero attached hydrogens (tertiary/aromatic N) is 5. The number of carbonyl (C=O) groups is 1. The SMILES string of the molecule is Cc1cn(C)c([C@H]2CCCN2C(=O)CCn2ncc3ccccc32)n1. The van der Waals surface area contributed by atoms with Crippen LogP contribution in [0.2, 0.25) is 0 Å². The van der Waals surface area contributed by atoms with Gasteiger partial charge in [0.25, 0.3) is 0 Å². The fraction of sp³-hybridized carbons (Fsp3) is 0.421. The first kappa shape index (κ1) is 15.9. The van der Waals surface area contributed by atoms with Gasteiger partial charge in [0.05, 0.1) is 30.0 Å². The minimum atomic E-state index is 0.0977. The Balaban J connectivity index is 1.48. The molecular weight excluding hydrogens is 314 g/mol. The monoisotopic (exact) mass is 337 g/mol. The zero-order chi connectivity index (χ0) is 17.4. The van der Waals surface area contributed by atoms with Crippen molar-refractivity contribution in [2.24, 2.45) is 7.05 Å². The fourth-order valence-electron chi connectivity index (χ4n) is 3.83. The predicted octanol–water partition coefficient (Wildman–Crippen LogP) is 2.83. The Morgan fingerprint density at radius 2 is 2.16 bits per heavy atom. The maximum atomic E-state index is 12.8. The van der Waals surface area contributed by atoms with Crippen molar-refractivity contribution in [3.05, 3.63) is 48.2 Å². The van der Waals surface area contributed by atoms with Gasteiger partial charge in [-0.15, -0.1) is 0 Å². The zero-order valence-corrected chi connectivity index (χ0v) is 14.7. The molecule has 1 aromatic carbocycles. The summed E-state index contributed by atoms with van der Waals surface area (Å²) in [5.74, 6) is 1.18. The van der Waals surface area contributed by atoms with Crippen LogP contribution in [0.5, 0.6) is 0 Å². The number of carbonyl (C=O) groups excluding carboxylic acids is 1. The van der Waals surface area contributed by atoms with E-state index in [4.69, 9.17) is 0 Å². The van der Waals surface area contributed by atoms with Crippen molar-refractivity contribution in [3.63, 3.8) is 0 Å². The summed E-state index contributed by atoms with van der Waals surface area (Å²) >= 11 is 0. The third-order valence-corrected chi connectivity index (χ3v) is 4.99. The van der Waals surface area contributed by atoms with Crippen LogP contribution in [0.1, 0.15) is 36.8 Å². The molecule has 6 heteroatoms. The number of fused-ring (bicyclic) bond motifs is 1. The minimum absolute atomic E-state index is 0.0977. The lowest BCUT2D eigenvalue weighted by molar-refractivity contribution is -0.132. The third-order valence-electron chi connectivity index (χ3n) is 4.99. The first-order valence-corrected chi connectivity index (χ1v) is 8.83. The van der Waals surface area contributed by atoms with Crippen LogP contribution in [0.4, 0.5) is 0 Å². The van der Waals surface area contributed by atoms with Crippen LogP contribution in [-0.2, 0) is 18.4 Å². The summed E-state index contributed by atoms with van der Waals surface area (Å²) in [6, 6.07) is 8.19. The van der Waals surface area contributed by atoms with Crippen LogP contribution >= 0.6 is 0 Å². The molecule has 1 amide bonds. The normalized spacial score (nSPS) is 17.5. The highest BCUT2D eigenvalue weighted by Gasteiger charge is 2.32. The van der Waals surface area contributed by atoms with Crippen molar-refractivity contribution < 1.29 is 4.79 Å². The molecule has 0 bridgehead atoms. The van der Waals surface area contributed by atoms with E-state index < -0.39 is 0 Å². The van der Waals surface area contributed by atoms with Gasteiger partial charge in [-0.2, -0.15) is 5.10 Å². The number of rotatable bonds is 4. The number of amides is 1. The molecule has 0 aliphatic carbocycles. The first-order valence-electron chi connectivity index (χ1n) is 8.83. The molecule has 1 fully saturated rings. The Morgan fingerprint density at radius 3 is 2.96 bits per heavy atom. The molecule has 0 unspecified atom stereocenters. The second-order valence-corrected chi connectivity index (χ2v) is 6.77. The van der Waals surface area contributed by atoms with Crippen molar-refractivity contribution in [1.29, 1.82) is 0 Å². The lowest BCUT2D eigenvalue weighted by Gasteiger charge is -2.24. The third kappa shape index (κ3) is 2.92. The van der Waals surface area contributed by atoms with Crippen LogP contribution < -0.4 is 0 Å². The van der Waals surface area contributed by atoms with E-state index in [1.807, 2.05) is 64.8 Å². The van der Waals surface area contributed by atoms with E-state index in [0.717, 1.165) is 41.8 Å². The van der Waals surface area contributed by atoms with Gasteiger partial charge < -0.3 is 9.47 Å². The molecule has 4 rings (SSSR count). The molecule has 3 heterocycles. The lowest BCUT2D eigenvalue weighted by atomic mass is 10.2. The number of para-hydroxylation sites is 1. The molecule has 3 aromatic rings. The average Bonchev–Trinajstić information content (AvgIpc) is 3.31. The molecular formula is C19H23N5O. The molecule has 130 valence electrons. The largest absolute Gasteiger partial charge is 0.336 e. The molecule has 1 atom stereocenters. The van der Waals surface area contributed by atoms with Gasteiger partial charge in [0, 0.05) is 31.6 Å². The smallest absolute Gasteiger partial charge is 0.225 e. The summed E-state index contributed by atoms with van der Waals surface area (Å²) < 4.78 is 3.97. The van der Waals surface area contributed by atoms with Gasteiger partial charge in [0.2, 0.25) is 5.91 Å². The van der Waals surface area contributed by atoms with Gasteiger partial charge in [0.15, 0.2) is 0 Å². The summed E-state index contributed by atoms with van der Waals surface area (Å²) in [5, 5.41) is 5.53. The Bertz CT molecular complexity index is 910. The highest BCUT2D eigenvalue weighted by Crippen LogP contribution is 2.31. The molecule has 1 aliphatic heterocycles. The summed E-state index contributed by atoms with van der Waals surface area (Å²) in [5.41, 5.74) is 2.08. The van der Waals surface area contributed by atoms with E-state index in [9.17, 15) is 4.79 Å². The molecule has 1 aliphatic rings. The second kappa shape index (κ2) is 6.35. The number of hydrogen-bond acceptors (Lipinski definition) is 3. The van der Waals surface area contributed by atoms with Crippen molar-refractivity contribution in [2.75, 3.05) is 6.54 Å². The Hall–Kier alpha value is -2.63. The van der Waals surface area contributed by atoms with Crippen LogP contribution in [0.3, 0.4) is 0 Å². The molecule has 25 heavy (non-hydrogen) atoms. The summed E-state index contributed by atoms with van der Waals surface area (Å²) in [4.78, 5) is 19.4. The predicted molar refractivity (Wildman–Crippen MR) is 96.0 cm³/mol. The van der Waals surface area contributed by atoms with Gasteiger partial charge >= 0.3 is 0 Å². The van der Waals surface area contributed by atoms with Gasteiger partial charge in [-0.05, 0) is 25.8 Å². The van der Waals surface area contributed by atoms with E-state index in [1.165, 1.54) is 0 Å². The zero-order valence-electron chi connectivity index (χ0n) is 14.7. The Labute approximate surface area is 147 Å². The number of benzene rings is 1. The van der Waals surface area contributed by atoms with Crippen molar-refractivity contribution in [1.82, 2.24) is 24.2 Å². The van der Waals surface area contributed by atoms with Crippen LogP contribution in [0.25, 0.3) is 10.9 Å². The van der Waals surface area contributed by atoms with Crippen LogP contribution in [0, 0.1) is 6.92 Å². The first-order chi connectivity index (χ1) is 12.1. The maximum Gasteiger partial charge on any atom is 0.225 e. The molecule has 1 saturated heterocycles. The van der Waals surface area contributed by atoms with Gasteiger partial charge in [-0.25, -0.2) is 4.98 Å². The lowest BCUT2D eigenvalue weighted by Crippen LogP contribution is -2.32. The minimum Gasteiger partial charge on any atom is -0.336 e. The molecule has 0 saturated carbocycles.